The molecule has 2 aliphatic rings. The van der Waals surface area contributed by atoms with E-state index in [1.165, 1.54) is 14.2 Å². The van der Waals surface area contributed by atoms with E-state index in [2.05, 4.69) is 0 Å². The van der Waals surface area contributed by atoms with Gasteiger partial charge >= 0.3 is 5.97 Å². The lowest BCUT2D eigenvalue weighted by Crippen LogP contribution is -2.26. The van der Waals surface area contributed by atoms with Crippen LogP contribution in [0, 0.1) is 11.3 Å². The smallest absolute Gasteiger partial charge is 0.313 e. The van der Waals surface area contributed by atoms with Crippen LogP contribution in [0.1, 0.15) is 41.6 Å². The van der Waals surface area contributed by atoms with E-state index in [0.29, 0.717) is 54.9 Å². The van der Waals surface area contributed by atoms with Crippen molar-refractivity contribution in [3.63, 3.8) is 0 Å². The Morgan fingerprint density at radius 2 is 1.88 bits per heavy atom. The summed E-state index contributed by atoms with van der Waals surface area (Å²) in [6.07, 6.45) is 2.43. The van der Waals surface area contributed by atoms with Crippen LogP contribution in [0.4, 0.5) is 4.39 Å². The molecule has 1 fully saturated rings. The fourth-order valence-corrected chi connectivity index (χ4v) is 4.78. The number of fused-ring (bicyclic) bond motifs is 1. The second-order valence-electron chi connectivity index (χ2n) is 8.41. The first-order valence-electron chi connectivity index (χ1n) is 10.8. The summed E-state index contributed by atoms with van der Waals surface area (Å²) in [5.74, 6) is 0.280. The van der Waals surface area contributed by atoms with Crippen LogP contribution in [0.25, 0.3) is 11.1 Å². The Hall–Kier alpha value is -3.09. The molecule has 1 N–H and O–H groups in total. The second kappa shape index (κ2) is 8.81. The molecule has 0 spiro atoms. The zero-order valence-corrected chi connectivity index (χ0v) is 18.3. The van der Waals surface area contributed by atoms with Crippen molar-refractivity contribution >= 4 is 11.8 Å². The Labute approximate surface area is 186 Å². The van der Waals surface area contributed by atoms with Gasteiger partial charge in [-0.05, 0) is 54.9 Å². The third-order valence-electron chi connectivity index (χ3n) is 6.69. The summed E-state index contributed by atoms with van der Waals surface area (Å²) >= 11 is 0. The molecule has 2 aromatic rings. The molecule has 2 aromatic carbocycles. The summed E-state index contributed by atoms with van der Waals surface area (Å²) < 4.78 is 29.8. The van der Waals surface area contributed by atoms with Crippen molar-refractivity contribution in [2.75, 3.05) is 27.5 Å². The maximum atomic E-state index is 12.6. The van der Waals surface area contributed by atoms with Gasteiger partial charge in [0.2, 0.25) is 5.75 Å². The molecule has 4 rings (SSSR count). The van der Waals surface area contributed by atoms with Gasteiger partial charge in [-0.1, -0.05) is 18.2 Å². The highest BCUT2D eigenvalue weighted by Crippen LogP contribution is 2.56. The Morgan fingerprint density at radius 3 is 2.56 bits per heavy atom. The number of hydrogen-bond acceptors (Lipinski definition) is 5. The fraction of sp³-hybridized carbons (Fsp3) is 0.440. The van der Waals surface area contributed by atoms with E-state index in [-0.39, 0.29) is 18.3 Å². The SMILES string of the molecule is COc1ccc(-c2cccc3c2CCC3=O)c(OCC2(C(=O)O)CC2CCCF)c1OC. The van der Waals surface area contributed by atoms with Crippen LogP contribution in [0.3, 0.4) is 0 Å². The minimum atomic E-state index is -1.03. The molecule has 0 bridgehead atoms. The van der Waals surface area contributed by atoms with E-state index in [1.54, 1.807) is 6.07 Å². The number of ketones is 1. The van der Waals surface area contributed by atoms with Crippen molar-refractivity contribution < 1.29 is 33.3 Å². The molecule has 1 saturated carbocycles. The Balaban J connectivity index is 1.73. The third kappa shape index (κ3) is 3.70. The van der Waals surface area contributed by atoms with Crippen LogP contribution < -0.4 is 14.2 Å². The first-order valence-corrected chi connectivity index (χ1v) is 10.8. The highest BCUT2D eigenvalue weighted by molar-refractivity contribution is 6.02. The van der Waals surface area contributed by atoms with Crippen molar-refractivity contribution in [1.29, 1.82) is 0 Å². The topological polar surface area (TPSA) is 82.1 Å². The summed E-state index contributed by atoms with van der Waals surface area (Å²) in [5.41, 5.74) is 2.21. The zero-order chi connectivity index (χ0) is 22.9. The van der Waals surface area contributed by atoms with Crippen LogP contribution >= 0.6 is 0 Å². The van der Waals surface area contributed by atoms with Gasteiger partial charge in [0.05, 0.1) is 20.9 Å². The maximum Gasteiger partial charge on any atom is 0.313 e. The summed E-state index contributed by atoms with van der Waals surface area (Å²) in [7, 11) is 3.02. The minimum absolute atomic E-state index is 0.0518. The van der Waals surface area contributed by atoms with E-state index in [4.69, 9.17) is 14.2 Å². The molecule has 7 heteroatoms. The lowest BCUT2D eigenvalue weighted by atomic mass is 9.95. The lowest BCUT2D eigenvalue weighted by molar-refractivity contribution is -0.145. The number of ether oxygens (including phenoxy) is 3. The Kier molecular flexibility index (Phi) is 6.09. The number of halogens is 1. The van der Waals surface area contributed by atoms with Crippen molar-refractivity contribution in [3.05, 3.63) is 41.5 Å². The average Bonchev–Trinajstić information content (AvgIpc) is 3.40. The van der Waals surface area contributed by atoms with Crippen LogP contribution in [-0.2, 0) is 11.2 Å². The number of hydrogen-bond donors (Lipinski definition) is 1. The molecule has 0 saturated heterocycles. The average molecular weight is 442 g/mol. The number of rotatable bonds is 10. The van der Waals surface area contributed by atoms with Gasteiger partial charge in [-0.3, -0.25) is 14.0 Å². The highest BCUT2D eigenvalue weighted by Gasteiger charge is 2.60. The molecule has 170 valence electrons. The molecule has 2 atom stereocenters. The molecule has 0 heterocycles. The van der Waals surface area contributed by atoms with E-state index in [0.717, 1.165) is 16.7 Å². The fourth-order valence-electron chi connectivity index (χ4n) is 4.78. The van der Waals surface area contributed by atoms with Crippen molar-refractivity contribution in [1.82, 2.24) is 0 Å². The van der Waals surface area contributed by atoms with Crippen molar-refractivity contribution in [2.45, 2.75) is 32.1 Å². The quantitative estimate of drug-likeness (QED) is 0.573. The van der Waals surface area contributed by atoms with Gasteiger partial charge in [0, 0.05) is 17.5 Å². The number of aliphatic carboxylic acids is 1. The van der Waals surface area contributed by atoms with Gasteiger partial charge in [0.25, 0.3) is 0 Å². The summed E-state index contributed by atoms with van der Waals surface area (Å²) in [5, 5.41) is 9.85. The van der Waals surface area contributed by atoms with Gasteiger partial charge in [-0.25, -0.2) is 0 Å². The Bertz CT molecular complexity index is 1050. The van der Waals surface area contributed by atoms with E-state index in [1.807, 2.05) is 24.3 Å². The van der Waals surface area contributed by atoms with Crippen LogP contribution in [-0.4, -0.2) is 44.4 Å². The predicted molar refractivity (Wildman–Crippen MR) is 117 cm³/mol. The van der Waals surface area contributed by atoms with Crippen molar-refractivity contribution in [3.8, 4) is 28.4 Å². The molecular formula is C25H27FO6. The predicted octanol–water partition coefficient (Wildman–Crippen LogP) is 4.72. The molecule has 0 aliphatic heterocycles. The van der Waals surface area contributed by atoms with Gasteiger partial charge in [-0.15, -0.1) is 0 Å². The lowest BCUT2D eigenvalue weighted by Gasteiger charge is -2.21. The van der Waals surface area contributed by atoms with Gasteiger partial charge in [-0.2, -0.15) is 0 Å². The third-order valence-corrected chi connectivity index (χ3v) is 6.69. The van der Waals surface area contributed by atoms with E-state index >= 15 is 0 Å². The summed E-state index contributed by atoms with van der Waals surface area (Å²) in [6.45, 7) is -0.511. The number of Topliss-reactive ketones (excluding diaryl/α,β-unsaturated/α-hetero) is 1. The number of carbonyl (C=O) groups is 2. The summed E-state index contributed by atoms with van der Waals surface area (Å²) in [4.78, 5) is 24.3. The molecule has 0 radical (unpaired) electrons. The van der Waals surface area contributed by atoms with Crippen molar-refractivity contribution in [2.24, 2.45) is 11.3 Å². The number of methoxy groups -OCH3 is 2. The molecule has 6 nitrogen and oxygen atoms in total. The molecule has 32 heavy (non-hydrogen) atoms. The molecular weight excluding hydrogens is 415 g/mol. The maximum absolute atomic E-state index is 12.6. The second-order valence-corrected chi connectivity index (χ2v) is 8.41. The van der Waals surface area contributed by atoms with E-state index in [9.17, 15) is 19.1 Å². The van der Waals surface area contributed by atoms with Crippen LogP contribution in [0.2, 0.25) is 0 Å². The monoisotopic (exact) mass is 442 g/mol. The van der Waals surface area contributed by atoms with Gasteiger partial charge < -0.3 is 19.3 Å². The first kappa shape index (κ1) is 22.1. The standard InChI is InChI=1S/C25H27FO6/c1-30-21-11-9-19(16-6-3-7-18-17(16)8-10-20(18)27)22(23(21)31-2)32-14-25(24(28)29)13-15(25)5-4-12-26/h3,6-7,9,11,15H,4-5,8,10,12-14H2,1-2H3,(H,28,29). The highest BCUT2D eigenvalue weighted by atomic mass is 19.1. The largest absolute Gasteiger partial charge is 0.493 e. The van der Waals surface area contributed by atoms with Gasteiger partial charge in [0.15, 0.2) is 17.3 Å². The summed E-state index contributed by atoms with van der Waals surface area (Å²) in [6, 6.07) is 9.21. The Morgan fingerprint density at radius 1 is 1.09 bits per heavy atom. The number of benzene rings is 2. The number of carboxylic acid groups (broad SMARTS) is 1. The molecule has 2 aliphatic carbocycles. The normalized spacial score (nSPS) is 21.2. The molecule has 0 amide bonds. The van der Waals surface area contributed by atoms with E-state index < -0.39 is 18.1 Å². The molecule has 2 unspecified atom stereocenters. The number of carboxylic acids is 1. The zero-order valence-electron chi connectivity index (χ0n) is 18.3. The minimum Gasteiger partial charge on any atom is -0.493 e. The van der Waals surface area contributed by atoms with Crippen LogP contribution in [0.15, 0.2) is 30.3 Å². The first-order chi connectivity index (χ1) is 15.5. The number of alkyl halides is 1. The van der Waals surface area contributed by atoms with Crippen LogP contribution in [0.5, 0.6) is 17.2 Å². The number of carbonyl (C=O) groups excluding carboxylic acids is 1. The van der Waals surface area contributed by atoms with Gasteiger partial charge in [0.1, 0.15) is 12.0 Å². The molecule has 0 aromatic heterocycles.